The van der Waals surface area contributed by atoms with Crippen molar-refractivity contribution in [1.29, 1.82) is 0 Å². The Labute approximate surface area is 196 Å². The minimum Gasteiger partial charge on any atom is -0.461 e. The average molecular weight is 469 g/mol. The molecule has 2 unspecified atom stereocenters. The van der Waals surface area contributed by atoms with Crippen molar-refractivity contribution in [2.24, 2.45) is 5.92 Å². The van der Waals surface area contributed by atoms with Crippen LogP contribution in [0.4, 0.5) is 0 Å². The van der Waals surface area contributed by atoms with E-state index in [1.807, 2.05) is 22.4 Å². The topological polar surface area (TPSA) is 51.5 Å². The second-order valence-electron chi connectivity index (χ2n) is 9.28. The molecule has 1 aliphatic carbocycles. The molecule has 7 heteroatoms. The molecule has 0 amide bonds. The lowest BCUT2D eigenvalue weighted by Crippen LogP contribution is -2.47. The molecule has 1 saturated carbocycles. The number of hydrogen-bond acceptors (Lipinski definition) is 5. The number of esters is 1. The number of likely N-dealkylation sites (tertiary alicyclic amines) is 1. The van der Waals surface area contributed by atoms with E-state index < -0.39 is 0 Å². The molecule has 1 aromatic rings. The van der Waals surface area contributed by atoms with Crippen LogP contribution in [0.3, 0.4) is 0 Å². The van der Waals surface area contributed by atoms with Crippen LogP contribution >= 0.6 is 24.2 Å². The third-order valence-corrected chi connectivity index (χ3v) is 8.43. The molecule has 2 bridgehead atoms. The van der Waals surface area contributed by atoms with E-state index in [0.717, 1.165) is 39.0 Å². The zero-order chi connectivity index (χ0) is 20.9. The van der Waals surface area contributed by atoms with Crippen molar-refractivity contribution in [1.82, 2.24) is 9.47 Å². The minimum absolute atomic E-state index is 0. The largest absolute Gasteiger partial charge is 0.461 e. The molecular formula is C24H37ClN2O3S. The number of fused-ring (bicyclic) bond motifs is 4. The smallest absolute Gasteiger partial charge is 0.307 e. The number of rotatable bonds is 8. The van der Waals surface area contributed by atoms with Gasteiger partial charge in [0.25, 0.3) is 5.56 Å². The molecule has 2 aliphatic heterocycles. The quantitative estimate of drug-likeness (QED) is 0.416. The molecular weight excluding hydrogens is 432 g/mol. The number of nitrogens with zero attached hydrogens (tertiary/aromatic N) is 2. The van der Waals surface area contributed by atoms with E-state index >= 15 is 0 Å². The molecule has 1 aromatic heterocycles. The third kappa shape index (κ3) is 6.29. The predicted molar refractivity (Wildman–Crippen MR) is 129 cm³/mol. The van der Waals surface area contributed by atoms with Gasteiger partial charge in [-0.1, -0.05) is 25.8 Å². The highest BCUT2D eigenvalue weighted by Gasteiger charge is 2.35. The monoisotopic (exact) mass is 468 g/mol. The van der Waals surface area contributed by atoms with Gasteiger partial charge in [-0.2, -0.15) is 11.8 Å². The zero-order valence-corrected chi connectivity index (χ0v) is 20.3. The van der Waals surface area contributed by atoms with Crippen molar-refractivity contribution in [2.45, 2.75) is 82.1 Å². The van der Waals surface area contributed by atoms with Gasteiger partial charge in [0.2, 0.25) is 0 Å². The molecule has 3 heterocycles. The van der Waals surface area contributed by atoms with Gasteiger partial charge in [0.15, 0.2) is 0 Å². The number of thioether (sulfide) groups is 1. The summed E-state index contributed by atoms with van der Waals surface area (Å²) in [5.74, 6) is 2.05. The third-order valence-electron chi connectivity index (χ3n) is 6.94. The molecule has 31 heavy (non-hydrogen) atoms. The van der Waals surface area contributed by atoms with E-state index in [0.29, 0.717) is 23.5 Å². The fraction of sp³-hybridized carbons (Fsp3) is 0.750. The van der Waals surface area contributed by atoms with Crippen molar-refractivity contribution in [2.75, 3.05) is 25.4 Å². The summed E-state index contributed by atoms with van der Waals surface area (Å²) in [6.45, 7) is 5.72. The van der Waals surface area contributed by atoms with E-state index in [1.54, 1.807) is 6.07 Å². The lowest BCUT2D eigenvalue weighted by atomic mass is 9.83. The van der Waals surface area contributed by atoms with E-state index in [4.69, 9.17) is 4.74 Å². The first-order valence-corrected chi connectivity index (χ1v) is 12.9. The predicted octanol–water partition coefficient (Wildman–Crippen LogP) is 4.47. The number of aromatic nitrogens is 1. The van der Waals surface area contributed by atoms with Gasteiger partial charge in [-0.25, -0.2) is 0 Å². The van der Waals surface area contributed by atoms with Gasteiger partial charge in [0.05, 0.1) is 6.42 Å². The molecule has 3 aliphatic rings. The first kappa shape index (κ1) is 24.7. The van der Waals surface area contributed by atoms with Crippen LogP contribution < -0.4 is 5.56 Å². The number of carbonyl (C=O) groups excluding carboxylic acids is 1. The summed E-state index contributed by atoms with van der Waals surface area (Å²) < 4.78 is 7.92. The van der Waals surface area contributed by atoms with Crippen LogP contribution in [0.5, 0.6) is 0 Å². The normalized spacial score (nSPS) is 27.8. The molecule has 4 atom stereocenters. The van der Waals surface area contributed by atoms with Crippen LogP contribution in [-0.4, -0.2) is 52.2 Å². The number of piperidine rings is 1. The molecule has 2 fully saturated rings. The number of pyridine rings is 1. The first-order chi connectivity index (χ1) is 14.6. The Morgan fingerprint density at radius 2 is 2.03 bits per heavy atom. The van der Waals surface area contributed by atoms with Gasteiger partial charge in [0.1, 0.15) is 6.10 Å². The highest BCUT2D eigenvalue weighted by molar-refractivity contribution is 7.99. The second-order valence-corrected chi connectivity index (χ2v) is 10.6. The number of carbonyl (C=O) groups is 1. The van der Waals surface area contributed by atoms with Gasteiger partial charge in [-0.05, 0) is 49.8 Å². The van der Waals surface area contributed by atoms with Crippen molar-refractivity contribution >= 4 is 30.1 Å². The fourth-order valence-electron chi connectivity index (χ4n) is 5.42. The van der Waals surface area contributed by atoms with Crippen molar-refractivity contribution in [3.63, 3.8) is 0 Å². The van der Waals surface area contributed by atoms with Crippen molar-refractivity contribution < 1.29 is 9.53 Å². The Bertz CT molecular complexity index is 786. The molecule has 0 aromatic carbocycles. The molecule has 0 spiro atoms. The Hall–Kier alpha value is -0.980. The number of unbranched alkanes of at least 4 members (excludes halogenated alkanes) is 1. The summed E-state index contributed by atoms with van der Waals surface area (Å²) in [6.07, 6.45) is 8.85. The van der Waals surface area contributed by atoms with Crippen LogP contribution in [0.1, 0.15) is 69.9 Å². The lowest BCUT2D eigenvalue weighted by Gasteiger charge is -2.42. The van der Waals surface area contributed by atoms with E-state index in [9.17, 15) is 9.59 Å². The van der Waals surface area contributed by atoms with Crippen LogP contribution in [0.2, 0.25) is 0 Å². The Morgan fingerprint density at radius 1 is 1.19 bits per heavy atom. The van der Waals surface area contributed by atoms with E-state index in [1.165, 1.54) is 43.6 Å². The van der Waals surface area contributed by atoms with Crippen LogP contribution in [0, 0.1) is 5.92 Å². The second kappa shape index (κ2) is 11.8. The summed E-state index contributed by atoms with van der Waals surface area (Å²) >= 11 is 2.01. The van der Waals surface area contributed by atoms with Gasteiger partial charge < -0.3 is 14.2 Å². The Kier molecular flexibility index (Phi) is 9.35. The van der Waals surface area contributed by atoms with Crippen molar-refractivity contribution in [3.8, 4) is 0 Å². The maximum Gasteiger partial charge on any atom is 0.307 e. The summed E-state index contributed by atoms with van der Waals surface area (Å²) in [5.41, 5.74) is 1.29. The van der Waals surface area contributed by atoms with Gasteiger partial charge in [-0.15, -0.1) is 12.4 Å². The number of hydrogen-bond donors (Lipinski definition) is 0. The molecule has 0 radical (unpaired) electrons. The first-order valence-electron chi connectivity index (χ1n) is 11.9. The molecule has 4 rings (SSSR count). The molecule has 0 N–H and O–H groups in total. The molecule has 1 saturated heterocycles. The van der Waals surface area contributed by atoms with Crippen molar-refractivity contribution in [3.05, 3.63) is 34.2 Å². The summed E-state index contributed by atoms with van der Waals surface area (Å²) in [7, 11) is 0. The summed E-state index contributed by atoms with van der Waals surface area (Å²) in [6, 6.07) is 5.64. The lowest BCUT2D eigenvalue weighted by molar-refractivity contribution is -0.150. The highest BCUT2D eigenvalue weighted by atomic mass is 35.5. The highest BCUT2D eigenvalue weighted by Crippen LogP contribution is 2.35. The molecule has 5 nitrogen and oxygen atoms in total. The summed E-state index contributed by atoms with van der Waals surface area (Å²) in [5, 5.41) is 0.485. The number of ether oxygens (including phenoxy) is 1. The Balaban J connectivity index is 0.00000272. The minimum atomic E-state index is -0.0321. The standard InChI is InChI=1S/C24H36N2O3S.ClH/c1-2-3-13-30-22-9-5-4-8-21(22)29-24(28)11-12-25-15-18-14-19(17-25)20-7-6-10-23(27)26(20)16-18;/h6-7,10,18-19,21-22H,2-5,8-9,11-17H2,1H3;1H/t18-,19+,21?,22?;/m0./s1. The maximum atomic E-state index is 12.6. The van der Waals surface area contributed by atoms with E-state index in [-0.39, 0.29) is 30.0 Å². The SMILES string of the molecule is CCCCSC1CCCCC1OC(=O)CCN1C[C@@H]2C[C@H](C1)c1cccc(=O)n1C2.Cl. The average Bonchev–Trinajstić information content (AvgIpc) is 2.74. The van der Waals surface area contributed by atoms with Gasteiger partial charge in [0, 0.05) is 49.1 Å². The van der Waals surface area contributed by atoms with Crippen LogP contribution in [0.25, 0.3) is 0 Å². The summed E-state index contributed by atoms with van der Waals surface area (Å²) in [4.78, 5) is 27.2. The molecule has 174 valence electrons. The van der Waals surface area contributed by atoms with Crippen LogP contribution in [0.15, 0.2) is 23.0 Å². The zero-order valence-electron chi connectivity index (χ0n) is 18.7. The van der Waals surface area contributed by atoms with E-state index in [2.05, 4.69) is 17.9 Å². The van der Waals surface area contributed by atoms with Crippen LogP contribution in [-0.2, 0) is 16.1 Å². The number of halogens is 1. The van der Waals surface area contributed by atoms with Gasteiger partial charge in [-0.3, -0.25) is 9.59 Å². The van der Waals surface area contributed by atoms with Gasteiger partial charge >= 0.3 is 5.97 Å². The Morgan fingerprint density at radius 3 is 2.87 bits per heavy atom. The maximum absolute atomic E-state index is 12.6. The fourth-order valence-corrected chi connectivity index (χ4v) is 6.92.